The summed E-state index contributed by atoms with van der Waals surface area (Å²) in [6.07, 6.45) is -0.760. The molecular weight excluding hydrogens is 478 g/mol. The lowest BCUT2D eigenvalue weighted by atomic mass is 10.2. The molecule has 0 spiro atoms. The highest BCUT2D eigenvalue weighted by Crippen LogP contribution is 2.41. The van der Waals surface area contributed by atoms with Gasteiger partial charge in [0.05, 0.1) is 17.0 Å². The van der Waals surface area contributed by atoms with Crippen molar-refractivity contribution >= 4 is 17.9 Å². The number of hydrazine groups is 1. The quantitative estimate of drug-likeness (QED) is 0.326. The second-order valence-corrected chi connectivity index (χ2v) is 8.87. The molecule has 1 aliphatic heterocycles. The number of non-ortho nitro benzene ring substituents is 1. The van der Waals surface area contributed by atoms with Crippen LogP contribution >= 0.6 is 0 Å². The zero-order valence-electron chi connectivity index (χ0n) is 19.8. The van der Waals surface area contributed by atoms with E-state index in [0.29, 0.717) is 18.6 Å². The average molecular weight is 504 g/mol. The third-order valence-corrected chi connectivity index (χ3v) is 6.46. The van der Waals surface area contributed by atoms with Crippen LogP contribution in [0.25, 0.3) is 0 Å². The Balaban J connectivity index is 1.31. The first-order valence-electron chi connectivity index (χ1n) is 11.9. The minimum absolute atomic E-state index is 0.0428. The maximum absolute atomic E-state index is 13.2. The Hall–Kier alpha value is -4.60. The summed E-state index contributed by atoms with van der Waals surface area (Å²) in [5.74, 6) is 0.443. The largest absolute Gasteiger partial charge is 0.488 e. The maximum Gasteiger partial charge on any atom is 0.429 e. The topological polar surface area (TPSA) is 111 Å². The molecule has 0 N–H and O–H groups in total. The summed E-state index contributed by atoms with van der Waals surface area (Å²) in [5.41, 5.74) is 1.61. The van der Waals surface area contributed by atoms with Crippen molar-refractivity contribution in [3.8, 4) is 5.75 Å². The molecule has 3 atom stereocenters. The van der Waals surface area contributed by atoms with Gasteiger partial charge in [0, 0.05) is 18.6 Å². The van der Waals surface area contributed by atoms with Gasteiger partial charge in [0.15, 0.2) is 0 Å². The fourth-order valence-electron chi connectivity index (χ4n) is 4.72. The monoisotopic (exact) mass is 503 g/mol. The Bertz CT molecular complexity index is 1250. The normalized spacial score (nSPS) is 19.9. The number of ether oxygens (including phenoxy) is 3. The fourth-order valence-corrected chi connectivity index (χ4v) is 4.72. The van der Waals surface area contributed by atoms with Crippen LogP contribution in [0.4, 0.5) is 15.3 Å². The third kappa shape index (κ3) is 5.32. The lowest BCUT2D eigenvalue weighted by Gasteiger charge is -2.39. The lowest BCUT2D eigenvalue weighted by molar-refractivity contribution is -0.384. The SMILES string of the molecule is O=C(OCc1ccccc1)N1[C@H]2C[C@H]([C@H](Oc3ccc([N+](=O)[O-])cc3)C2)N1C(=O)OCc1ccccc1. The van der Waals surface area contributed by atoms with E-state index in [1.807, 2.05) is 60.7 Å². The van der Waals surface area contributed by atoms with Crippen LogP contribution in [0.2, 0.25) is 0 Å². The fraction of sp³-hybridized carbons (Fsp3) is 0.259. The van der Waals surface area contributed by atoms with Gasteiger partial charge in [0.1, 0.15) is 25.1 Å². The van der Waals surface area contributed by atoms with Gasteiger partial charge in [-0.3, -0.25) is 10.1 Å². The first kappa shape index (κ1) is 24.1. The molecule has 1 aliphatic carbocycles. The van der Waals surface area contributed by atoms with Gasteiger partial charge in [-0.25, -0.2) is 19.6 Å². The Morgan fingerprint density at radius 3 is 1.86 bits per heavy atom. The lowest BCUT2D eigenvalue weighted by Crippen LogP contribution is -2.58. The highest BCUT2D eigenvalue weighted by atomic mass is 16.6. The van der Waals surface area contributed by atoms with Crippen LogP contribution in [0.5, 0.6) is 5.75 Å². The number of nitrogens with zero attached hydrogens (tertiary/aromatic N) is 3. The highest BCUT2D eigenvalue weighted by molar-refractivity contribution is 5.76. The van der Waals surface area contributed by atoms with E-state index in [0.717, 1.165) is 11.1 Å². The number of carbonyl (C=O) groups excluding carboxylic acids is 2. The number of nitro benzene ring substituents is 1. The maximum atomic E-state index is 13.2. The number of benzene rings is 3. The summed E-state index contributed by atoms with van der Waals surface area (Å²) in [6.45, 7) is 0.123. The summed E-state index contributed by atoms with van der Waals surface area (Å²) in [7, 11) is 0. The average Bonchev–Trinajstić information content (AvgIpc) is 3.50. The van der Waals surface area contributed by atoms with Crippen LogP contribution in [0, 0.1) is 10.1 Å². The second-order valence-electron chi connectivity index (χ2n) is 8.87. The van der Waals surface area contributed by atoms with Crippen LogP contribution in [-0.2, 0) is 22.7 Å². The molecule has 190 valence electrons. The van der Waals surface area contributed by atoms with E-state index in [1.54, 1.807) is 0 Å². The number of carbonyl (C=O) groups is 2. The standard InChI is InChI=1S/C27H25N3O7/c31-26(35-17-19-7-3-1-4-8-19)28-22-15-24(29(28)27(32)36-18-20-9-5-2-6-10-20)25(16-22)37-23-13-11-21(12-14-23)30(33)34/h1-14,22,24-25H,15-18H2/t22-,24+,25+/m0/s1. The van der Waals surface area contributed by atoms with Crippen molar-refractivity contribution in [2.45, 2.75) is 44.2 Å². The van der Waals surface area contributed by atoms with Gasteiger partial charge in [-0.05, 0) is 29.7 Å². The molecular formula is C27H25N3O7. The molecule has 3 aromatic rings. The minimum Gasteiger partial charge on any atom is -0.488 e. The summed E-state index contributed by atoms with van der Waals surface area (Å²) in [4.78, 5) is 36.8. The van der Waals surface area contributed by atoms with Crippen molar-refractivity contribution in [2.75, 3.05) is 0 Å². The molecule has 0 aromatic heterocycles. The predicted octanol–water partition coefficient (Wildman–Crippen LogP) is 5.08. The first-order chi connectivity index (χ1) is 18.0. The van der Waals surface area contributed by atoms with E-state index in [4.69, 9.17) is 14.2 Å². The molecule has 1 saturated heterocycles. The molecule has 2 fully saturated rings. The zero-order valence-corrected chi connectivity index (χ0v) is 19.8. The van der Waals surface area contributed by atoms with Gasteiger partial charge >= 0.3 is 12.2 Å². The molecule has 2 aliphatic rings. The van der Waals surface area contributed by atoms with Gasteiger partial charge in [-0.15, -0.1) is 0 Å². The number of nitro groups is 1. The Kier molecular flexibility index (Phi) is 6.89. The van der Waals surface area contributed by atoms with Crippen LogP contribution in [0.1, 0.15) is 24.0 Å². The summed E-state index contributed by atoms with van der Waals surface area (Å²) >= 11 is 0. The van der Waals surface area contributed by atoms with Crippen molar-refractivity contribution < 1.29 is 28.7 Å². The Morgan fingerprint density at radius 1 is 0.784 bits per heavy atom. The number of amides is 2. The van der Waals surface area contributed by atoms with Gasteiger partial charge in [0.25, 0.3) is 5.69 Å². The van der Waals surface area contributed by atoms with Gasteiger partial charge in [0.2, 0.25) is 0 Å². The molecule has 37 heavy (non-hydrogen) atoms. The van der Waals surface area contributed by atoms with E-state index in [-0.39, 0.29) is 24.9 Å². The summed E-state index contributed by atoms with van der Waals surface area (Å²) in [5, 5.41) is 13.6. The van der Waals surface area contributed by atoms with E-state index in [2.05, 4.69) is 0 Å². The molecule has 5 rings (SSSR count). The second kappa shape index (κ2) is 10.6. The number of hydrogen-bond acceptors (Lipinski definition) is 7. The van der Waals surface area contributed by atoms with Crippen LogP contribution < -0.4 is 4.74 Å². The molecule has 3 aromatic carbocycles. The predicted molar refractivity (Wildman–Crippen MR) is 131 cm³/mol. The summed E-state index contributed by atoms with van der Waals surface area (Å²) < 4.78 is 17.2. The number of fused-ring (bicyclic) bond motifs is 2. The van der Waals surface area contributed by atoms with Crippen LogP contribution in [0.3, 0.4) is 0 Å². The van der Waals surface area contributed by atoms with Gasteiger partial charge in [-0.2, -0.15) is 0 Å². The smallest absolute Gasteiger partial charge is 0.429 e. The molecule has 1 saturated carbocycles. The first-order valence-corrected chi connectivity index (χ1v) is 11.9. The third-order valence-electron chi connectivity index (χ3n) is 6.46. The van der Waals surface area contributed by atoms with E-state index >= 15 is 0 Å². The molecule has 2 amide bonds. The highest BCUT2D eigenvalue weighted by Gasteiger charge is 2.56. The van der Waals surface area contributed by atoms with Crippen molar-refractivity contribution in [2.24, 2.45) is 0 Å². The molecule has 10 nitrogen and oxygen atoms in total. The van der Waals surface area contributed by atoms with E-state index < -0.39 is 29.3 Å². The van der Waals surface area contributed by atoms with Crippen molar-refractivity contribution in [1.82, 2.24) is 10.0 Å². The van der Waals surface area contributed by atoms with Gasteiger partial charge < -0.3 is 14.2 Å². The summed E-state index contributed by atoms with van der Waals surface area (Å²) in [6, 6.07) is 23.5. The number of hydrogen-bond donors (Lipinski definition) is 0. The molecule has 2 bridgehead atoms. The zero-order chi connectivity index (χ0) is 25.8. The molecule has 10 heteroatoms. The van der Waals surface area contributed by atoms with Crippen molar-refractivity contribution in [3.63, 3.8) is 0 Å². The van der Waals surface area contributed by atoms with Gasteiger partial charge in [-0.1, -0.05) is 60.7 Å². The minimum atomic E-state index is -0.676. The van der Waals surface area contributed by atoms with E-state index in [9.17, 15) is 19.7 Å². The van der Waals surface area contributed by atoms with Crippen LogP contribution in [-0.4, -0.2) is 45.3 Å². The Labute approximate surface area is 213 Å². The number of rotatable bonds is 7. The van der Waals surface area contributed by atoms with Crippen molar-refractivity contribution in [3.05, 3.63) is 106 Å². The van der Waals surface area contributed by atoms with E-state index in [1.165, 1.54) is 34.3 Å². The molecule has 0 radical (unpaired) electrons. The molecule has 0 unspecified atom stereocenters. The van der Waals surface area contributed by atoms with Crippen LogP contribution in [0.15, 0.2) is 84.9 Å². The molecule has 1 heterocycles. The Morgan fingerprint density at radius 2 is 1.32 bits per heavy atom. The van der Waals surface area contributed by atoms with Crippen molar-refractivity contribution in [1.29, 1.82) is 0 Å².